The van der Waals surface area contributed by atoms with Gasteiger partial charge in [0, 0.05) is 11.6 Å². The van der Waals surface area contributed by atoms with Crippen molar-refractivity contribution in [3.63, 3.8) is 0 Å². The van der Waals surface area contributed by atoms with Gasteiger partial charge in [0.2, 0.25) is 5.78 Å². The lowest BCUT2D eigenvalue weighted by Crippen LogP contribution is -2.44. The van der Waals surface area contributed by atoms with Gasteiger partial charge in [-0.25, -0.2) is 4.98 Å². The first kappa shape index (κ1) is 12.0. The van der Waals surface area contributed by atoms with Gasteiger partial charge in [-0.3, -0.25) is 4.79 Å². The molecule has 2 nitrogen and oxygen atoms in total. The molecule has 15 heavy (non-hydrogen) atoms. The van der Waals surface area contributed by atoms with E-state index in [1.54, 1.807) is 0 Å². The van der Waals surface area contributed by atoms with E-state index in [-0.39, 0.29) is 5.01 Å². The number of nitrogens with zero attached hydrogens (tertiary/aromatic N) is 1. The molecule has 0 spiro atoms. The summed E-state index contributed by atoms with van der Waals surface area (Å²) in [7, 11) is 0. The minimum absolute atomic E-state index is 0.0658. The third kappa shape index (κ3) is 2.49. The molecule has 1 rings (SSSR count). The highest BCUT2D eigenvalue weighted by Gasteiger charge is 2.62. The monoisotopic (exact) mass is 245 g/mol. The molecule has 84 valence electrons. The van der Waals surface area contributed by atoms with Crippen molar-refractivity contribution < 1.29 is 26.7 Å². The molecule has 0 amide bonds. The van der Waals surface area contributed by atoms with Crippen molar-refractivity contribution in [1.29, 1.82) is 0 Å². The number of carbonyl (C=O) groups is 1. The highest BCUT2D eigenvalue weighted by molar-refractivity contribution is 7.09. The molecule has 0 N–H and O–H groups in total. The molecule has 0 aliphatic carbocycles. The van der Waals surface area contributed by atoms with E-state index in [1.807, 2.05) is 0 Å². The molecule has 1 aromatic heterocycles. The van der Waals surface area contributed by atoms with E-state index in [2.05, 4.69) is 4.98 Å². The second-order valence-electron chi connectivity index (χ2n) is 2.60. The van der Waals surface area contributed by atoms with Crippen LogP contribution in [-0.2, 0) is 11.2 Å². The van der Waals surface area contributed by atoms with Crippen LogP contribution in [0.3, 0.4) is 0 Å². The summed E-state index contributed by atoms with van der Waals surface area (Å²) < 4.78 is 60.0. The van der Waals surface area contributed by atoms with E-state index < -0.39 is 24.3 Å². The molecule has 0 bridgehead atoms. The number of carbonyl (C=O) groups excluding carboxylic acids is 1. The zero-order valence-electron chi connectivity index (χ0n) is 7.02. The number of Topliss-reactive ketones (excluding diaryl/α,β-unsaturated/α-hetero) is 1. The minimum atomic E-state index is -5.85. The number of hydrogen-bond acceptors (Lipinski definition) is 3. The van der Waals surface area contributed by atoms with Gasteiger partial charge in [-0.05, 0) is 0 Å². The lowest BCUT2D eigenvalue weighted by Gasteiger charge is -2.17. The summed E-state index contributed by atoms with van der Waals surface area (Å²) in [4.78, 5) is 14.1. The molecule has 1 heterocycles. The minimum Gasteiger partial charge on any atom is -0.292 e. The highest BCUT2D eigenvalue weighted by Crippen LogP contribution is 2.36. The maximum Gasteiger partial charge on any atom is 0.461 e. The molecule has 0 aliphatic heterocycles. The van der Waals surface area contributed by atoms with E-state index in [1.165, 1.54) is 11.6 Å². The normalized spacial score (nSPS) is 12.9. The average molecular weight is 245 g/mol. The third-order valence-corrected chi connectivity index (χ3v) is 2.28. The van der Waals surface area contributed by atoms with E-state index >= 15 is 0 Å². The van der Waals surface area contributed by atoms with Gasteiger partial charge in [0.05, 0.1) is 6.42 Å². The standard InChI is InChI=1S/C7H4F5NOS/c8-6(9,7(10,11)12)4(14)3-5-13-1-2-15-5/h1-2H,3H2. The Kier molecular flexibility index (Phi) is 3.08. The lowest BCUT2D eigenvalue weighted by molar-refractivity contribution is -0.268. The van der Waals surface area contributed by atoms with Gasteiger partial charge < -0.3 is 0 Å². The maximum absolute atomic E-state index is 12.4. The van der Waals surface area contributed by atoms with E-state index in [4.69, 9.17) is 0 Å². The predicted octanol–water partition coefficient (Wildman–Crippen LogP) is 2.45. The molecule has 0 aliphatic rings. The number of hydrogen-bond donors (Lipinski definition) is 0. The highest BCUT2D eigenvalue weighted by atomic mass is 32.1. The van der Waals surface area contributed by atoms with Crippen molar-refractivity contribution in [3.8, 4) is 0 Å². The van der Waals surface area contributed by atoms with Crippen molar-refractivity contribution in [2.75, 3.05) is 0 Å². The molecule has 0 radical (unpaired) electrons. The van der Waals surface area contributed by atoms with Crippen LogP contribution in [0.15, 0.2) is 11.6 Å². The van der Waals surface area contributed by atoms with Crippen LogP contribution >= 0.6 is 11.3 Å². The summed E-state index contributed by atoms with van der Waals surface area (Å²) in [6, 6.07) is 0. The van der Waals surface area contributed by atoms with Gasteiger partial charge >= 0.3 is 12.1 Å². The number of ketones is 1. The van der Waals surface area contributed by atoms with Crippen LogP contribution in [0.4, 0.5) is 22.0 Å². The molecular formula is C7H4F5NOS. The Balaban J connectivity index is 2.77. The predicted molar refractivity (Wildman–Crippen MR) is 41.8 cm³/mol. The van der Waals surface area contributed by atoms with Crippen LogP contribution in [-0.4, -0.2) is 22.9 Å². The van der Waals surface area contributed by atoms with Crippen molar-refractivity contribution in [2.24, 2.45) is 0 Å². The zero-order valence-corrected chi connectivity index (χ0v) is 7.83. The third-order valence-electron chi connectivity index (χ3n) is 1.50. The Hall–Kier alpha value is -1.05. The fourth-order valence-electron chi connectivity index (χ4n) is 0.747. The molecule has 8 heteroatoms. The molecule has 0 unspecified atom stereocenters. The Labute approximate surface area is 84.7 Å². The van der Waals surface area contributed by atoms with Crippen LogP contribution in [0.25, 0.3) is 0 Å². The second kappa shape index (κ2) is 3.84. The van der Waals surface area contributed by atoms with Gasteiger partial charge in [0.15, 0.2) is 0 Å². The molecule has 0 saturated carbocycles. The topological polar surface area (TPSA) is 30.0 Å². The summed E-state index contributed by atoms with van der Waals surface area (Å²) >= 11 is 0.845. The summed E-state index contributed by atoms with van der Waals surface area (Å²) in [5.41, 5.74) is 0. The van der Waals surface area contributed by atoms with E-state index in [0.717, 1.165) is 11.3 Å². The van der Waals surface area contributed by atoms with Crippen molar-refractivity contribution in [3.05, 3.63) is 16.6 Å². The average Bonchev–Trinajstić information content (AvgIpc) is 2.54. The van der Waals surface area contributed by atoms with Gasteiger partial charge in [-0.1, -0.05) is 0 Å². The summed E-state index contributed by atoms with van der Waals surface area (Å²) in [5, 5.41) is 1.32. The summed E-state index contributed by atoms with van der Waals surface area (Å²) in [5.74, 6) is -7.50. The van der Waals surface area contributed by atoms with Gasteiger partial charge in [-0.2, -0.15) is 22.0 Å². The Morgan fingerprint density at radius 3 is 2.33 bits per heavy atom. The first-order chi connectivity index (χ1) is 6.75. The Morgan fingerprint density at radius 2 is 1.93 bits per heavy atom. The van der Waals surface area contributed by atoms with Crippen molar-refractivity contribution in [1.82, 2.24) is 4.98 Å². The van der Waals surface area contributed by atoms with Crippen LogP contribution in [0, 0.1) is 0 Å². The molecule has 0 fully saturated rings. The van der Waals surface area contributed by atoms with E-state index in [0.29, 0.717) is 0 Å². The Morgan fingerprint density at radius 1 is 1.33 bits per heavy atom. The smallest absolute Gasteiger partial charge is 0.292 e. The van der Waals surface area contributed by atoms with Crippen LogP contribution in [0.2, 0.25) is 0 Å². The van der Waals surface area contributed by atoms with Gasteiger partial charge in [-0.15, -0.1) is 11.3 Å². The van der Waals surface area contributed by atoms with Crippen molar-refractivity contribution >= 4 is 17.1 Å². The van der Waals surface area contributed by atoms with E-state index in [9.17, 15) is 26.7 Å². The zero-order chi connectivity index (χ0) is 11.7. The number of alkyl halides is 5. The van der Waals surface area contributed by atoms with Crippen LogP contribution in [0.1, 0.15) is 5.01 Å². The van der Waals surface area contributed by atoms with Crippen LogP contribution in [0.5, 0.6) is 0 Å². The molecule has 0 atom stereocenters. The molecular weight excluding hydrogens is 241 g/mol. The number of rotatable bonds is 3. The van der Waals surface area contributed by atoms with Gasteiger partial charge in [0.1, 0.15) is 5.01 Å². The first-order valence-electron chi connectivity index (χ1n) is 3.61. The second-order valence-corrected chi connectivity index (χ2v) is 3.58. The molecule has 0 saturated heterocycles. The number of aromatic nitrogens is 1. The van der Waals surface area contributed by atoms with Crippen molar-refractivity contribution in [2.45, 2.75) is 18.5 Å². The Bertz CT molecular complexity index is 345. The fourth-order valence-corrected chi connectivity index (χ4v) is 1.36. The lowest BCUT2D eigenvalue weighted by atomic mass is 10.1. The molecule has 0 aromatic carbocycles. The largest absolute Gasteiger partial charge is 0.461 e. The SMILES string of the molecule is O=C(Cc1nccs1)C(F)(F)C(F)(F)F. The molecule has 1 aromatic rings. The quantitative estimate of drug-likeness (QED) is 0.765. The fraction of sp³-hybridized carbons (Fsp3) is 0.429. The number of thiazole rings is 1. The summed E-state index contributed by atoms with van der Waals surface area (Å²) in [6.45, 7) is 0. The maximum atomic E-state index is 12.4. The first-order valence-corrected chi connectivity index (χ1v) is 4.49. The number of halogens is 5. The van der Waals surface area contributed by atoms with Gasteiger partial charge in [0.25, 0.3) is 0 Å². The summed E-state index contributed by atoms with van der Waals surface area (Å²) in [6.07, 6.45) is -5.63. The van der Waals surface area contributed by atoms with Crippen LogP contribution < -0.4 is 0 Å².